The second kappa shape index (κ2) is 18.6. The van der Waals surface area contributed by atoms with Gasteiger partial charge < -0.3 is 43.6 Å². The minimum Gasteiger partial charge on any atom is -0.508 e. The van der Waals surface area contributed by atoms with Gasteiger partial charge in [0.2, 0.25) is 17.7 Å². The molecule has 0 saturated heterocycles. The van der Waals surface area contributed by atoms with E-state index in [4.69, 9.17) is 17.2 Å². The lowest BCUT2D eigenvalue weighted by atomic mass is 9.85. The minimum atomic E-state index is -0.918. The van der Waals surface area contributed by atoms with E-state index >= 15 is 0 Å². The molecule has 3 amide bonds. The van der Waals surface area contributed by atoms with E-state index in [0.29, 0.717) is 32.4 Å². The number of Topliss-reactive ketones (excluding diaryl/α,β-unsaturated/α-hetero) is 1. The van der Waals surface area contributed by atoms with Crippen molar-refractivity contribution in [2.24, 2.45) is 28.1 Å². The zero-order valence-corrected chi connectivity index (χ0v) is 27.4. The molecule has 3 rings (SSSR count). The fraction of sp³-hybridized carbons (Fsp3) is 0.500. The third kappa shape index (κ3) is 11.7. The summed E-state index contributed by atoms with van der Waals surface area (Å²) in [7, 11) is 1.84. The van der Waals surface area contributed by atoms with Gasteiger partial charge in [-0.3, -0.25) is 24.2 Å². The van der Waals surface area contributed by atoms with Gasteiger partial charge in [-0.15, -0.1) is 0 Å². The average Bonchev–Trinajstić information content (AvgIpc) is 3.03. The number of nitrogens with two attached hydrogens (primary N) is 3. The molecule has 0 fully saturated rings. The molecule has 13 nitrogen and oxygen atoms in total. The molecule has 0 saturated carbocycles. The number of fused-ring (bicyclic) bond motifs is 1. The molecule has 2 aromatic carbocycles. The predicted octanol–water partition coefficient (Wildman–Crippen LogP) is 0.604. The number of primary amides is 1. The maximum Gasteiger partial charge on any atom is 0.239 e. The van der Waals surface area contributed by atoms with Crippen molar-refractivity contribution in [3.63, 3.8) is 0 Å². The molecule has 0 bridgehead atoms. The van der Waals surface area contributed by atoms with Crippen LogP contribution in [0.25, 0.3) is 0 Å². The fourth-order valence-electron chi connectivity index (χ4n) is 6.03. The molecule has 11 N–H and O–H groups in total. The highest BCUT2D eigenvalue weighted by Gasteiger charge is 2.33. The van der Waals surface area contributed by atoms with Crippen molar-refractivity contribution in [3.8, 4) is 5.75 Å². The van der Waals surface area contributed by atoms with Crippen LogP contribution in [0.2, 0.25) is 0 Å². The van der Waals surface area contributed by atoms with Crippen molar-refractivity contribution in [2.75, 3.05) is 26.7 Å². The van der Waals surface area contributed by atoms with Crippen molar-refractivity contribution >= 4 is 29.5 Å². The number of rotatable bonds is 19. The zero-order valence-electron chi connectivity index (χ0n) is 27.4. The number of nitrogens with zero attached hydrogens (tertiary/aromatic N) is 1. The maximum atomic E-state index is 14.0. The van der Waals surface area contributed by atoms with E-state index in [2.05, 4.69) is 26.3 Å². The first kappa shape index (κ1) is 37.0. The van der Waals surface area contributed by atoms with Crippen LogP contribution in [0, 0.1) is 12.8 Å². The summed E-state index contributed by atoms with van der Waals surface area (Å²) in [6, 6.07) is 10.8. The van der Waals surface area contributed by atoms with Gasteiger partial charge in [0.15, 0.2) is 11.7 Å². The second-order valence-corrected chi connectivity index (χ2v) is 12.1. The molecule has 1 heterocycles. The van der Waals surface area contributed by atoms with Crippen LogP contribution in [0.1, 0.15) is 66.7 Å². The van der Waals surface area contributed by atoms with Crippen molar-refractivity contribution in [1.29, 1.82) is 0 Å². The highest BCUT2D eigenvalue weighted by molar-refractivity contribution is 5.95. The number of nitrogens with one attached hydrogen (secondary N) is 4. The molecule has 0 aromatic heterocycles. The Balaban J connectivity index is 1.83. The SMILES string of the molecule is CNCCCCC(NC(=O)C(CC(=O)C(CCCN=C(N)N)NC(=O)C1CNCc2cc(O)cc(C)c21)Cc1ccccc1)C(N)=O. The Labute approximate surface area is 276 Å². The number of phenolic OH excluding ortho intramolecular Hbond substituents is 1. The molecular formula is C34H50N8O5. The summed E-state index contributed by atoms with van der Waals surface area (Å²) in [5.74, 6) is -3.11. The summed E-state index contributed by atoms with van der Waals surface area (Å²) in [6.45, 7) is 3.74. The number of carbonyl (C=O) groups is 4. The minimum absolute atomic E-state index is 0.0740. The van der Waals surface area contributed by atoms with Crippen LogP contribution in [0.3, 0.4) is 0 Å². The van der Waals surface area contributed by atoms with Crippen molar-refractivity contribution < 1.29 is 24.3 Å². The Morgan fingerprint density at radius 2 is 1.72 bits per heavy atom. The number of aromatic hydroxyl groups is 1. The molecule has 2 aromatic rings. The lowest BCUT2D eigenvalue weighted by molar-refractivity contribution is -0.133. The van der Waals surface area contributed by atoms with Crippen molar-refractivity contribution in [3.05, 3.63) is 64.7 Å². The van der Waals surface area contributed by atoms with Crippen LogP contribution in [0.4, 0.5) is 0 Å². The maximum absolute atomic E-state index is 14.0. The number of phenols is 1. The van der Waals surface area contributed by atoms with E-state index in [1.165, 1.54) is 0 Å². The number of carbonyl (C=O) groups excluding carboxylic acids is 4. The Morgan fingerprint density at radius 1 is 1.00 bits per heavy atom. The molecule has 1 aliphatic heterocycles. The van der Waals surface area contributed by atoms with Crippen molar-refractivity contribution in [1.82, 2.24) is 21.3 Å². The lowest BCUT2D eigenvalue weighted by Crippen LogP contribution is -2.49. The first-order valence-corrected chi connectivity index (χ1v) is 16.2. The monoisotopic (exact) mass is 650 g/mol. The molecule has 1 aliphatic rings. The van der Waals surface area contributed by atoms with Crippen LogP contribution in [-0.2, 0) is 32.1 Å². The molecule has 0 spiro atoms. The third-order valence-corrected chi connectivity index (χ3v) is 8.41. The molecule has 47 heavy (non-hydrogen) atoms. The third-order valence-electron chi connectivity index (χ3n) is 8.41. The molecule has 0 radical (unpaired) electrons. The highest BCUT2D eigenvalue weighted by atomic mass is 16.3. The summed E-state index contributed by atoms with van der Waals surface area (Å²) >= 11 is 0. The predicted molar refractivity (Wildman–Crippen MR) is 181 cm³/mol. The summed E-state index contributed by atoms with van der Waals surface area (Å²) in [5, 5.41) is 22.1. The zero-order chi connectivity index (χ0) is 34.3. The van der Waals surface area contributed by atoms with E-state index < -0.39 is 35.7 Å². The quantitative estimate of drug-likeness (QED) is 0.0604. The molecular weight excluding hydrogens is 600 g/mol. The number of aryl methyl sites for hydroxylation is 1. The normalized spacial score (nSPS) is 15.8. The summed E-state index contributed by atoms with van der Waals surface area (Å²) in [4.78, 5) is 57.7. The fourth-order valence-corrected chi connectivity index (χ4v) is 6.03. The van der Waals surface area contributed by atoms with E-state index in [9.17, 15) is 24.3 Å². The van der Waals surface area contributed by atoms with Gasteiger partial charge in [-0.25, -0.2) is 0 Å². The number of unbranched alkanes of at least 4 members (excludes halogenated alkanes) is 1. The summed E-state index contributed by atoms with van der Waals surface area (Å²) in [5.41, 5.74) is 19.9. The second-order valence-electron chi connectivity index (χ2n) is 12.1. The lowest BCUT2D eigenvalue weighted by Gasteiger charge is -2.29. The number of hydrogen-bond donors (Lipinski definition) is 8. The van der Waals surface area contributed by atoms with Gasteiger partial charge >= 0.3 is 0 Å². The van der Waals surface area contributed by atoms with Crippen LogP contribution in [0.5, 0.6) is 5.75 Å². The Morgan fingerprint density at radius 3 is 2.40 bits per heavy atom. The summed E-state index contributed by atoms with van der Waals surface area (Å²) < 4.78 is 0. The molecule has 13 heteroatoms. The van der Waals surface area contributed by atoms with Gasteiger partial charge in [0.25, 0.3) is 0 Å². The first-order valence-electron chi connectivity index (χ1n) is 16.2. The van der Waals surface area contributed by atoms with Crippen LogP contribution < -0.4 is 38.5 Å². The highest BCUT2D eigenvalue weighted by Crippen LogP contribution is 2.31. The van der Waals surface area contributed by atoms with Crippen LogP contribution in [0.15, 0.2) is 47.5 Å². The number of ketones is 1. The van der Waals surface area contributed by atoms with E-state index in [0.717, 1.165) is 35.2 Å². The number of hydrogen-bond acceptors (Lipinski definition) is 8. The van der Waals surface area contributed by atoms with Gasteiger partial charge in [-0.2, -0.15) is 0 Å². The van der Waals surface area contributed by atoms with Gasteiger partial charge in [-0.05, 0) is 93.4 Å². The standard InChI is InChI=1S/C34H50N8O5/c1-21-15-25(43)17-24-19-39-20-26(30(21)24)33(47)41-27(12-8-14-40-34(36)37)29(44)18-23(16-22-9-4-3-5-10-22)32(46)42-28(31(35)45)11-6-7-13-38-2/h3-5,9-10,15,17,23,26-28,38-39,43H,6-8,11-14,16,18-20H2,1-2H3,(H2,35,45)(H,41,47)(H,42,46)(H4,36,37,40). The number of amides is 3. The van der Waals surface area contributed by atoms with E-state index in [1.807, 2.05) is 44.3 Å². The molecule has 0 aliphatic carbocycles. The van der Waals surface area contributed by atoms with Crippen LogP contribution >= 0.6 is 0 Å². The molecule has 4 unspecified atom stereocenters. The van der Waals surface area contributed by atoms with Gasteiger partial charge in [0, 0.05) is 32.0 Å². The van der Waals surface area contributed by atoms with E-state index in [-0.39, 0.29) is 49.2 Å². The smallest absolute Gasteiger partial charge is 0.239 e. The molecule has 256 valence electrons. The number of benzene rings is 2. The Kier molecular flexibility index (Phi) is 14.6. The average molecular weight is 651 g/mol. The van der Waals surface area contributed by atoms with Crippen LogP contribution in [-0.4, -0.2) is 73.3 Å². The van der Waals surface area contributed by atoms with Gasteiger partial charge in [0.05, 0.1) is 12.0 Å². The Bertz CT molecular complexity index is 1400. The number of aliphatic imine (C=N–C) groups is 1. The summed E-state index contributed by atoms with van der Waals surface area (Å²) in [6.07, 6.45) is 2.61. The first-order chi connectivity index (χ1) is 22.5. The van der Waals surface area contributed by atoms with Gasteiger partial charge in [0.1, 0.15) is 11.8 Å². The number of guanidine groups is 1. The Hall–Kier alpha value is -4.49. The largest absolute Gasteiger partial charge is 0.508 e. The molecule has 4 atom stereocenters. The van der Waals surface area contributed by atoms with Crippen molar-refractivity contribution in [2.45, 2.75) is 76.4 Å². The topological polar surface area (TPSA) is 227 Å². The van der Waals surface area contributed by atoms with E-state index in [1.54, 1.807) is 12.1 Å². The van der Waals surface area contributed by atoms with Gasteiger partial charge in [-0.1, -0.05) is 30.3 Å².